The van der Waals surface area contributed by atoms with Crippen LogP contribution >= 0.6 is 0 Å². The second-order valence-corrected chi connectivity index (χ2v) is 8.79. The van der Waals surface area contributed by atoms with Crippen molar-refractivity contribution < 1.29 is 18.3 Å². The Morgan fingerprint density at radius 1 is 1.05 bits per heavy atom. The fraction of sp³-hybridized carbons (Fsp3) is 0.929. The molecule has 1 heterocycles. The predicted molar refractivity (Wildman–Crippen MR) is 74.2 cm³/mol. The van der Waals surface area contributed by atoms with Gasteiger partial charge in [-0.3, -0.25) is 0 Å². The highest BCUT2D eigenvalue weighted by Crippen LogP contribution is 2.34. The standard InChI is InChI=1S/C14H25NO4S/c1-10-7-11(2)9-13(8-10)20(18,19)15-5-3-12(4-6-15)14(16)17/h10-13H,3-9H2,1-2H3,(H,16,17)/p-1. The van der Waals surface area contributed by atoms with E-state index in [-0.39, 0.29) is 5.25 Å². The van der Waals surface area contributed by atoms with Crippen LogP contribution in [-0.4, -0.2) is 37.0 Å². The molecule has 0 radical (unpaired) electrons. The maximum absolute atomic E-state index is 12.7. The van der Waals surface area contributed by atoms with Crippen molar-refractivity contribution in [2.24, 2.45) is 17.8 Å². The molecule has 1 aliphatic heterocycles. The Kier molecular flexibility index (Phi) is 4.74. The van der Waals surface area contributed by atoms with Gasteiger partial charge in [-0.1, -0.05) is 13.8 Å². The van der Waals surface area contributed by atoms with Crippen molar-refractivity contribution >= 4 is 16.0 Å². The summed E-state index contributed by atoms with van der Waals surface area (Å²) in [7, 11) is -3.28. The van der Waals surface area contributed by atoms with E-state index in [0.29, 0.717) is 37.8 Å². The summed E-state index contributed by atoms with van der Waals surface area (Å²) in [5.41, 5.74) is 0. The zero-order valence-corrected chi connectivity index (χ0v) is 13.1. The molecule has 5 nitrogen and oxygen atoms in total. The summed E-state index contributed by atoms with van der Waals surface area (Å²) in [6.45, 7) is 4.86. The molecule has 0 spiro atoms. The van der Waals surface area contributed by atoms with Crippen LogP contribution in [0.3, 0.4) is 0 Å². The molecular formula is C14H24NO4S-. The summed E-state index contributed by atoms with van der Waals surface area (Å²) in [6, 6.07) is 0. The van der Waals surface area contributed by atoms with E-state index in [1.54, 1.807) is 0 Å². The van der Waals surface area contributed by atoms with Crippen LogP contribution in [0.25, 0.3) is 0 Å². The number of hydrogen-bond acceptors (Lipinski definition) is 4. The monoisotopic (exact) mass is 302 g/mol. The van der Waals surface area contributed by atoms with E-state index in [1.165, 1.54) is 4.31 Å². The second kappa shape index (κ2) is 6.02. The van der Waals surface area contributed by atoms with Crippen molar-refractivity contribution in [2.45, 2.75) is 51.2 Å². The van der Waals surface area contributed by atoms with Crippen LogP contribution in [0.2, 0.25) is 0 Å². The van der Waals surface area contributed by atoms with Gasteiger partial charge >= 0.3 is 0 Å². The first-order chi connectivity index (χ1) is 9.30. The van der Waals surface area contributed by atoms with Crippen molar-refractivity contribution in [3.8, 4) is 0 Å². The van der Waals surface area contributed by atoms with Crippen molar-refractivity contribution in [3.05, 3.63) is 0 Å². The maximum Gasteiger partial charge on any atom is 0.217 e. The maximum atomic E-state index is 12.7. The molecule has 2 rings (SSSR count). The number of carboxylic acid groups (broad SMARTS) is 1. The van der Waals surface area contributed by atoms with E-state index in [1.807, 2.05) is 0 Å². The third kappa shape index (κ3) is 3.34. The fourth-order valence-corrected chi connectivity index (χ4v) is 5.96. The van der Waals surface area contributed by atoms with E-state index >= 15 is 0 Å². The van der Waals surface area contributed by atoms with Gasteiger partial charge in [-0.05, 0) is 43.9 Å². The Hall–Kier alpha value is -0.620. The lowest BCUT2D eigenvalue weighted by Gasteiger charge is -2.37. The van der Waals surface area contributed by atoms with Crippen LogP contribution in [0.15, 0.2) is 0 Å². The van der Waals surface area contributed by atoms with Crippen molar-refractivity contribution in [1.29, 1.82) is 0 Å². The minimum atomic E-state index is -3.28. The first-order valence-electron chi connectivity index (χ1n) is 7.50. The lowest BCUT2D eigenvalue weighted by Crippen LogP contribution is -2.47. The zero-order valence-electron chi connectivity index (χ0n) is 12.2. The smallest absolute Gasteiger partial charge is 0.217 e. The molecule has 20 heavy (non-hydrogen) atoms. The number of carbonyl (C=O) groups is 1. The van der Waals surface area contributed by atoms with Gasteiger partial charge in [-0.15, -0.1) is 0 Å². The summed E-state index contributed by atoms with van der Waals surface area (Å²) in [4.78, 5) is 10.8. The largest absolute Gasteiger partial charge is 0.550 e. The molecule has 0 aromatic heterocycles. The minimum Gasteiger partial charge on any atom is -0.550 e. The third-order valence-corrected chi connectivity index (χ3v) is 7.02. The zero-order chi connectivity index (χ0) is 14.9. The van der Waals surface area contributed by atoms with Gasteiger partial charge in [0, 0.05) is 25.0 Å². The van der Waals surface area contributed by atoms with Crippen molar-refractivity contribution in [2.75, 3.05) is 13.1 Å². The van der Waals surface area contributed by atoms with Gasteiger partial charge in [0.2, 0.25) is 10.0 Å². The highest BCUT2D eigenvalue weighted by molar-refractivity contribution is 7.89. The average molecular weight is 302 g/mol. The molecule has 1 saturated heterocycles. The summed E-state index contributed by atoms with van der Waals surface area (Å²) in [6.07, 6.45) is 3.30. The summed E-state index contributed by atoms with van der Waals surface area (Å²) in [5.74, 6) is -0.661. The Bertz CT molecular complexity index is 444. The molecule has 2 atom stereocenters. The molecule has 1 saturated carbocycles. The molecule has 2 aliphatic rings. The van der Waals surface area contributed by atoms with E-state index in [0.717, 1.165) is 19.3 Å². The number of rotatable bonds is 3. The van der Waals surface area contributed by atoms with Crippen LogP contribution in [-0.2, 0) is 14.8 Å². The Morgan fingerprint density at radius 2 is 1.55 bits per heavy atom. The Balaban J connectivity index is 2.02. The molecule has 0 amide bonds. The lowest BCUT2D eigenvalue weighted by molar-refractivity contribution is -0.312. The Morgan fingerprint density at radius 3 is 2.00 bits per heavy atom. The number of piperidine rings is 1. The predicted octanol–water partition coefficient (Wildman–Crippen LogP) is 0.603. The topological polar surface area (TPSA) is 77.5 Å². The number of sulfonamides is 1. The number of nitrogens with zero attached hydrogens (tertiary/aromatic N) is 1. The normalized spacial score (nSPS) is 34.0. The van der Waals surface area contributed by atoms with E-state index in [4.69, 9.17) is 0 Å². The average Bonchev–Trinajstić information content (AvgIpc) is 2.37. The van der Waals surface area contributed by atoms with Gasteiger partial charge < -0.3 is 9.90 Å². The van der Waals surface area contributed by atoms with Crippen LogP contribution in [0.1, 0.15) is 46.0 Å². The van der Waals surface area contributed by atoms with Crippen molar-refractivity contribution in [3.63, 3.8) is 0 Å². The molecule has 0 aromatic rings. The van der Waals surface area contributed by atoms with E-state index in [9.17, 15) is 18.3 Å². The molecular weight excluding hydrogens is 278 g/mol. The van der Waals surface area contributed by atoms with Gasteiger partial charge in [0.1, 0.15) is 0 Å². The van der Waals surface area contributed by atoms with Crippen molar-refractivity contribution in [1.82, 2.24) is 4.31 Å². The lowest BCUT2D eigenvalue weighted by atomic mass is 9.83. The third-order valence-electron chi connectivity index (χ3n) is 4.70. The SMILES string of the molecule is CC1CC(C)CC(S(=O)(=O)N2CCC(C(=O)[O-])CC2)C1. The van der Waals surface area contributed by atoms with Crippen LogP contribution in [0.5, 0.6) is 0 Å². The van der Waals surface area contributed by atoms with Gasteiger partial charge in [0.15, 0.2) is 0 Å². The number of hydrogen-bond donors (Lipinski definition) is 0. The molecule has 1 aliphatic carbocycles. The molecule has 6 heteroatoms. The minimum absolute atomic E-state index is 0.291. The number of aliphatic carboxylic acids is 1. The highest BCUT2D eigenvalue weighted by Gasteiger charge is 2.38. The summed E-state index contributed by atoms with van der Waals surface area (Å²) in [5, 5.41) is 10.5. The summed E-state index contributed by atoms with van der Waals surface area (Å²) >= 11 is 0. The van der Waals surface area contributed by atoms with Gasteiger partial charge in [-0.2, -0.15) is 0 Å². The number of carboxylic acids is 1. The summed E-state index contributed by atoms with van der Waals surface area (Å²) < 4.78 is 26.8. The Labute approximate surface area is 121 Å². The van der Waals surface area contributed by atoms with Crippen LogP contribution in [0.4, 0.5) is 0 Å². The molecule has 2 unspecified atom stereocenters. The van der Waals surface area contributed by atoms with Crippen LogP contribution < -0.4 is 5.11 Å². The van der Waals surface area contributed by atoms with Gasteiger partial charge in [0.25, 0.3) is 0 Å². The highest BCUT2D eigenvalue weighted by atomic mass is 32.2. The molecule has 0 aromatic carbocycles. The quantitative estimate of drug-likeness (QED) is 0.765. The second-order valence-electron chi connectivity index (χ2n) is 6.58. The van der Waals surface area contributed by atoms with E-state index < -0.39 is 21.9 Å². The van der Waals surface area contributed by atoms with Gasteiger partial charge in [0.05, 0.1) is 5.25 Å². The van der Waals surface area contributed by atoms with Crippen LogP contribution in [0, 0.1) is 17.8 Å². The number of carbonyl (C=O) groups excluding carboxylic acids is 1. The first-order valence-corrected chi connectivity index (χ1v) is 9.00. The van der Waals surface area contributed by atoms with E-state index in [2.05, 4.69) is 13.8 Å². The molecule has 116 valence electrons. The molecule has 0 bridgehead atoms. The molecule has 0 N–H and O–H groups in total. The first kappa shape index (κ1) is 15.8. The fourth-order valence-electron chi connectivity index (χ4n) is 3.67. The van der Waals surface area contributed by atoms with Gasteiger partial charge in [-0.25, -0.2) is 12.7 Å². The molecule has 2 fully saturated rings.